The Morgan fingerprint density at radius 3 is 2.59 bits per heavy atom. The molecule has 0 radical (unpaired) electrons. The van der Waals surface area contributed by atoms with Crippen LogP contribution < -0.4 is 5.32 Å². The summed E-state index contributed by atoms with van der Waals surface area (Å²) in [5, 5.41) is 25.0. The molecular weight excluding hydrogens is 378 g/mol. The molecule has 2 aromatic rings. The number of anilines is 1. The number of aromatic nitrogens is 1. The largest absolute Gasteiger partial charge is 0.338 e. The molecule has 0 bridgehead atoms. The maximum Gasteiger partial charge on any atom is 0.248 e. The molecule has 1 amide bonds. The molecule has 148 valence electrons. The average molecular weight is 396 g/mol. The number of nitrogens with zero attached hydrogens (tertiary/aromatic N) is 3. The number of rotatable bonds is 5. The van der Waals surface area contributed by atoms with E-state index < -0.39 is 30.1 Å². The van der Waals surface area contributed by atoms with Crippen molar-refractivity contribution in [2.75, 3.05) is 5.32 Å². The molecule has 0 aliphatic heterocycles. The van der Waals surface area contributed by atoms with Gasteiger partial charge in [0.05, 0.1) is 22.7 Å². The number of benzene rings is 1. The molecule has 1 heterocycles. The fraction of sp³-hybridized carbons (Fsp3) is 0.429. The van der Waals surface area contributed by atoms with Crippen molar-refractivity contribution in [3.05, 3.63) is 46.6 Å². The van der Waals surface area contributed by atoms with E-state index in [0.717, 1.165) is 18.5 Å². The van der Waals surface area contributed by atoms with Gasteiger partial charge in [0.1, 0.15) is 12.1 Å². The normalized spacial score (nSPS) is 21.2. The first-order valence-electron chi connectivity index (χ1n) is 9.49. The SMILES string of the molecule is N#Cc1ccc([C@@H](C(=O)Nc2cc(C3CC3)no2)[C@H]2CCC(F)(F)C2)cc1C#N. The lowest BCUT2D eigenvalue weighted by Crippen LogP contribution is -2.27. The van der Waals surface area contributed by atoms with E-state index in [9.17, 15) is 18.8 Å². The monoisotopic (exact) mass is 396 g/mol. The van der Waals surface area contributed by atoms with E-state index in [-0.39, 0.29) is 29.9 Å². The molecule has 2 fully saturated rings. The van der Waals surface area contributed by atoms with Crippen LogP contribution in [-0.2, 0) is 4.79 Å². The second kappa shape index (κ2) is 7.29. The highest BCUT2D eigenvalue weighted by Gasteiger charge is 2.45. The van der Waals surface area contributed by atoms with Crippen LogP contribution in [0.5, 0.6) is 0 Å². The lowest BCUT2D eigenvalue weighted by Gasteiger charge is -2.23. The van der Waals surface area contributed by atoms with Crippen LogP contribution in [0.15, 0.2) is 28.8 Å². The van der Waals surface area contributed by atoms with Gasteiger partial charge in [-0.15, -0.1) is 0 Å². The third kappa shape index (κ3) is 3.97. The van der Waals surface area contributed by atoms with Crippen LogP contribution >= 0.6 is 0 Å². The summed E-state index contributed by atoms with van der Waals surface area (Å²) in [5.74, 6) is -4.25. The molecule has 2 aliphatic carbocycles. The van der Waals surface area contributed by atoms with Crippen LogP contribution in [0.4, 0.5) is 14.7 Å². The summed E-state index contributed by atoms with van der Waals surface area (Å²) in [6, 6.07) is 9.95. The van der Waals surface area contributed by atoms with Crippen LogP contribution in [-0.4, -0.2) is 17.0 Å². The second-order valence-electron chi connectivity index (χ2n) is 7.74. The number of hydrogen-bond donors (Lipinski definition) is 1. The molecule has 1 N–H and O–H groups in total. The minimum Gasteiger partial charge on any atom is -0.338 e. The van der Waals surface area contributed by atoms with E-state index in [1.165, 1.54) is 12.1 Å². The predicted octanol–water partition coefficient (Wildman–Crippen LogP) is 4.45. The molecule has 6 nitrogen and oxygen atoms in total. The molecule has 0 saturated heterocycles. The molecule has 2 atom stereocenters. The number of hydrogen-bond acceptors (Lipinski definition) is 5. The van der Waals surface area contributed by atoms with E-state index in [1.54, 1.807) is 12.1 Å². The lowest BCUT2D eigenvalue weighted by molar-refractivity contribution is -0.119. The van der Waals surface area contributed by atoms with Crippen molar-refractivity contribution in [1.82, 2.24) is 5.16 Å². The van der Waals surface area contributed by atoms with Gasteiger partial charge in [0, 0.05) is 24.8 Å². The number of nitrogens with one attached hydrogen (secondary N) is 1. The summed E-state index contributed by atoms with van der Waals surface area (Å²) in [7, 11) is 0. The number of alkyl halides is 2. The number of amides is 1. The van der Waals surface area contributed by atoms with E-state index >= 15 is 0 Å². The zero-order valence-corrected chi connectivity index (χ0v) is 15.5. The minimum atomic E-state index is -2.82. The van der Waals surface area contributed by atoms with Crippen molar-refractivity contribution < 1.29 is 18.1 Å². The standard InChI is InChI=1S/C21H18F2N4O2/c22-21(23)6-5-14(9-21)19(13-3-4-15(10-24)16(7-13)11-25)20(28)26-18-8-17(27-29-18)12-1-2-12/h3-4,7-8,12,14,19H,1-2,5-6,9H2,(H,26,28)/t14-,19+/m0/s1. The van der Waals surface area contributed by atoms with E-state index in [0.29, 0.717) is 11.5 Å². The zero-order valence-electron chi connectivity index (χ0n) is 15.5. The predicted molar refractivity (Wildman–Crippen MR) is 98.0 cm³/mol. The molecule has 2 saturated carbocycles. The van der Waals surface area contributed by atoms with Crippen LogP contribution in [0, 0.1) is 28.6 Å². The summed E-state index contributed by atoms with van der Waals surface area (Å²) in [4.78, 5) is 13.1. The Balaban J connectivity index is 1.63. The van der Waals surface area contributed by atoms with E-state index in [1.807, 2.05) is 12.1 Å². The molecule has 8 heteroatoms. The Morgan fingerprint density at radius 2 is 1.97 bits per heavy atom. The van der Waals surface area contributed by atoms with Crippen LogP contribution in [0.25, 0.3) is 0 Å². The Morgan fingerprint density at radius 1 is 1.21 bits per heavy atom. The summed E-state index contributed by atoms with van der Waals surface area (Å²) in [5.41, 5.74) is 1.50. The zero-order chi connectivity index (χ0) is 20.6. The Kier molecular flexibility index (Phi) is 4.79. The molecular formula is C21H18F2N4O2. The van der Waals surface area contributed by atoms with Crippen LogP contribution in [0.2, 0.25) is 0 Å². The second-order valence-corrected chi connectivity index (χ2v) is 7.74. The molecule has 0 spiro atoms. The van der Waals surface area contributed by atoms with Gasteiger partial charge in [0.25, 0.3) is 0 Å². The first-order valence-corrected chi connectivity index (χ1v) is 9.49. The Bertz CT molecular complexity index is 1030. The number of carbonyl (C=O) groups excluding carboxylic acids is 1. The maximum absolute atomic E-state index is 13.9. The van der Waals surface area contributed by atoms with Gasteiger partial charge in [-0.1, -0.05) is 11.2 Å². The Hall–Kier alpha value is -3.26. The third-order valence-electron chi connectivity index (χ3n) is 5.61. The van der Waals surface area contributed by atoms with Gasteiger partial charge in [-0.05, 0) is 42.9 Å². The molecule has 1 aromatic heterocycles. The average Bonchev–Trinajstić information content (AvgIpc) is 3.35. The van der Waals surface area contributed by atoms with Crippen LogP contribution in [0.1, 0.15) is 66.3 Å². The highest BCUT2D eigenvalue weighted by atomic mass is 19.3. The first-order chi connectivity index (χ1) is 13.9. The van der Waals surface area contributed by atoms with Gasteiger partial charge in [-0.2, -0.15) is 10.5 Å². The summed E-state index contributed by atoms with van der Waals surface area (Å²) < 4.78 is 32.9. The van der Waals surface area contributed by atoms with Gasteiger partial charge in [-0.25, -0.2) is 8.78 Å². The first kappa shape index (κ1) is 19.1. The van der Waals surface area contributed by atoms with Gasteiger partial charge in [0.15, 0.2) is 0 Å². The van der Waals surface area contributed by atoms with Gasteiger partial charge in [0.2, 0.25) is 17.7 Å². The summed E-state index contributed by atoms with van der Waals surface area (Å²) >= 11 is 0. The van der Waals surface area contributed by atoms with E-state index in [4.69, 9.17) is 9.78 Å². The molecule has 2 aliphatic rings. The number of nitriles is 2. The maximum atomic E-state index is 13.9. The molecule has 0 unspecified atom stereocenters. The molecule has 4 rings (SSSR count). The van der Waals surface area contributed by atoms with Gasteiger partial charge >= 0.3 is 0 Å². The van der Waals surface area contributed by atoms with Gasteiger partial charge < -0.3 is 4.52 Å². The van der Waals surface area contributed by atoms with Crippen molar-refractivity contribution in [2.45, 2.75) is 49.9 Å². The third-order valence-corrected chi connectivity index (χ3v) is 5.61. The quantitative estimate of drug-likeness (QED) is 0.804. The summed E-state index contributed by atoms with van der Waals surface area (Å²) in [6.45, 7) is 0. The molecule has 1 aromatic carbocycles. The fourth-order valence-corrected chi connectivity index (χ4v) is 3.97. The van der Waals surface area contributed by atoms with Gasteiger partial charge in [-0.3, -0.25) is 10.1 Å². The topological polar surface area (TPSA) is 103 Å². The summed E-state index contributed by atoms with van der Waals surface area (Å²) in [6.07, 6.45) is 1.56. The van der Waals surface area contributed by atoms with E-state index in [2.05, 4.69) is 10.5 Å². The van der Waals surface area contributed by atoms with Crippen molar-refractivity contribution in [3.63, 3.8) is 0 Å². The van der Waals surface area contributed by atoms with Crippen molar-refractivity contribution in [3.8, 4) is 12.1 Å². The highest BCUT2D eigenvalue weighted by molar-refractivity contribution is 5.95. The number of halogens is 2. The Labute approximate surface area is 166 Å². The van der Waals surface area contributed by atoms with Crippen molar-refractivity contribution in [2.24, 2.45) is 5.92 Å². The fourth-order valence-electron chi connectivity index (χ4n) is 3.97. The van der Waals surface area contributed by atoms with Crippen molar-refractivity contribution >= 4 is 11.8 Å². The number of carbonyl (C=O) groups is 1. The lowest BCUT2D eigenvalue weighted by atomic mass is 9.83. The smallest absolute Gasteiger partial charge is 0.248 e. The highest BCUT2D eigenvalue weighted by Crippen LogP contribution is 2.46. The van der Waals surface area contributed by atoms with Crippen LogP contribution in [0.3, 0.4) is 0 Å². The molecule has 29 heavy (non-hydrogen) atoms. The van der Waals surface area contributed by atoms with Crippen molar-refractivity contribution in [1.29, 1.82) is 10.5 Å². The minimum absolute atomic E-state index is 0.114.